The smallest absolute Gasteiger partial charge is 0.208 e. The Hall–Kier alpha value is -0.830. The second kappa shape index (κ2) is 4.35. The van der Waals surface area contributed by atoms with Crippen molar-refractivity contribution in [2.45, 2.75) is 54.1 Å². The molecule has 0 saturated heterocycles. The van der Waals surface area contributed by atoms with Crippen LogP contribution in [0.15, 0.2) is 4.42 Å². The van der Waals surface area contributed by atoms with Crippen LogP contribution in [0.4, 0.5) is 0 Å². The molecule has 0 aliphatic rings. The average molecular weight is 210 g/mol. The van der Waals surface area contributed by atoms with Crippen LogP contribution in [-0.4, -0.2) is 11.0 Å². The lowest BCUT2D eigenvalue weighted by molar-refractivity contribution is 0.275. The van der Waals surface area contributed by atoms with E-state index in [2.05, 4.69) is 38.0 Å². The maximum atomic E-state index is 5.50. The Bertz CT molecular complexity index is 303. The molecule has 1 aromatic rings. The minimum atomic E-state index is 0.261. The summed E-state index contributed by atoms with van der Waals surface area (Å²) in [7, 11) is 0. The van der Waals surface area contributed by atoms with Crippen LogP contribution >= 0.6 is 0 Å². The van der Waals surface area contributed by atoms with E-state index in [1.54, 1.807) is 0 Å². The van der Waals surface area contributed by atoms with E-state index >= 15 is 0 Å². The highest BCUT2D eigenvalue weighted by Crippen LogP contribution is 2.19. The molecule has 0 aliphatic heterocycles. The van der Waals surface area contributed by atoms with E-state index in [1.165, 1.54) is 0 Å². The summed E-state index contributed by atoms with van der Waals surface area (Å²) in [6, 6.07) is 0.435. The fraction of sp³-hybridized carbons (Fsp3) is 0.750. The van der Waals surface area contributed by atoms with Crippen molar-refractivity contribution in [1.82, 2.24) is 10.3 Å². The molecule has 1 unspecified atom stereocenters. The second-order valence-electron chi connectivity index (χ2n) is 5.22. The van der Waals surface area contributed by atoms with Gasteiger partial charge in [-0.3, -0.25) is 0 Å². The van der Waals surface area contributed by atoms with Crippen molar-refractivity contribution >= 4 is 0 Å². The Balaban J connectivity index is 2.51. The molecule has 0 aromatic carbocycles. The molecule has 86 valence electrons. The summed E-state index contributed by atoms with van der Waals surface area (Å²) in [5, 5.41) is 3.42. The van der Waals surface area contributed by atoms with Crippen LogP contribution in [-0.2, 0) is 6.54 Å². The Labute approximate surface area is 92.3 Å². The average Bonchev–Trinajstić information content (AvgIpc) is 2.41. The lowest BCUT2D eigenvalue weighted by Gasteiger charge is -2.27. The van der Waals surface area contributed by atoms with Crippen LogP contribution in [0.2, 0.25) is 0 Å². The molecular weight excluding hydrogens is 188 g/mol. The maximum absolute atomic E-state index is 5.50. The summed E-state index contributed by atoms with van der Waals surface area (Å²) in [5.41, 5.74) is 1.24. The molecular formula is C12H22N2O. The van der Waals surface area contributed by atoms with E-state index in [-0.39, 0.29) is 5.41 Å². The molecule has 0 spiro atoms. The van der Waals surface area contributed by atoms with Crippen molar-refractivity contribution in [3.63, 3.8) is 0 Å². The lowest BCUT2D eigenvalue weighted by Crippen LogP contribution is -2.37. The van der Waals surface area contributed by atoms with Gasteiger partial charge in [-0.05, 0) is 26.2 Å². The highest BCUT2D eigenvalue weighted by Gasteiger charge is 2.19. The van der Waals surface area contributed by atoms with Gasteiger partial charge in [-0.2, -0.15) is 0 Å². The summed E-state index contributed by atoms with van der Waals surface area (Å²) in [6.07, 6.45) is 0. The molecule has 0 saturated carbocycles. The van der Waals surface area contributed by atoms with Crippen molar-refractivity contribution < 1.29 is 4.42 Å². The van der Waals surface area contributed by atoms with Gasteiger partial charge in [-0.1, -0.05) is 20.8 Å². The van der Waals surface area contributed by atoms with Crippen LogP contribution in [0, 0.1) is 19.3 Å². The largest absolute Gasteiger partial charge is 0.444 e. The van der Waals surface area contributed by atoms with Gasteiger partial charge in [0.1, 0.15) is 5.76 Å². The number of nitrogens with one attached hydrogen (secondary N) is 1. The zero-order valence-electron chi connectivity index (χ0n) is 10.6. The van der Waals surface area contributed by atoms with E-state index in [1.807, 2.05) is 13.8 Å². The SMILES string of the molecule is Cc1nc(CNC(C)C(C)(C)C)oc1C. The topological polar surface area (TPSA) is 38.1 Å². The second-order valence-corrected chi connectivity index (χ2v) is 5.22. The van der Waals surface area contributed by atoms with Crippen LogP contribution in [0.3, 0.4) is 0 Å². The highest BCUT2D eigenvalue weighted by atomic mass is 16.4. The highest BCUT2D eigenvalue weighted by molar-refractivity contribution is 5.05. The molecule has 1 heterocycles. The van der Waals surface area contributed by atoms with Crippen LogP contribution < -0.4 is 5.32 Å². The van der Waals surface area contributed by atoms with Gasteiger partial charge in [-0.15, -0.1) is 0 Å². The number of oxazole rings is 1. The first-order valence-corrected chi connectivity index (χ1v) is 5.47. The molecule has 1 atom stereocenters. The van der Waals surface area contributed by atoms with Gasteiger partial charge >= 0.3 is 0 Å². The lowest BCUT2D eigenvalue weighted by atomic mass is 9.88. The van der Waals surface area contributed by atoms with Crippen LogP contribution in [0.25, 0.3) is 0 Å². The summed E-state index contributed by atoms with van der Waals surface area (Å²) < 4.78 is 5.50. The molecule has 0 aliphatic carbocycles. The molecule has 1 N–H and O–H groups in total. The first-order chi connectivity index (χ1) is 6.80. The number of aromatic nitrogens is 1. The number of aryl methyl sites for hydroxylation is 2. The minimum absolute atomic E-state index is 0.261. The van der Waals surface area contributed by atoms with Gasteiger partial charge in [0.15, 0.2) is 0 Å². The molecule has 3 nitrogen and oxygen atoms in total. The summed E-state index contributed by atoms with van der Waals surface area (Å²) >= 11 is 0. The van der Waals surface area contributed by atoms with Gasteiger partial charge < -0.3 is 9.73 Å². The fourth-order valence-corrected chi connectivity index (χ4v) is 1.16. The van der Waals surface area contributed by atoms with E-state index in [4.69, 9.17) is 4.42 Å². The number of hydrogen-bond acceptors (Lipinski definition) is 3. The maximum Gasteiger partial charge on any atom is 0.208 e. The predicted molar refractivity (Wildman–Crippen MR) is 61.7 cm³/mol. The third-order valence-electron chi connectivity index (χ3n) is 2.93. The Kier molecular flexibility index (Phi) is 3.55. The molecule has 0 amide bonds. The van der Waals surface area contributed by atoms with Gasteiger partial charge in [0.25, 0.3) is 0 Å². The van der Waals surface area contributed by atoms with E-state index in [0.29, 0.717) is 12.6 Å². The molecule has 0 bridgehead atoms. The molecule has 15 heavy (non-hydrogen) atoms. The van der Waals surface area contributed by atoms with Crippen LogP contribution in [0.1, 0.15) is 45.0 Å². The van der Waals surface area contributed by atoms with E-state index < -0.39 is 0 Å². The standard InChI is InChI=1S/C12H22N2O/c1-8-9(2)15-11(14-8)7-13-10(3)12(4,5)6/h10,13H,7H2,1-6H3. The van der Waals surface area contributed by atoms with Gasteiger partial charge in [0, 0.05) is 6.04 Å². The third kappa shape index (κ3) is 3.34. The van der Waals surface area contributed by atoms with Crippen molar-refractivity contribution in [3.05, 3.63) is 17.3 Å². The van der Waals surface area contributed by atoms with Crippen molar-refractivity contribution in [3.8, 4) is 0 Å². The van der Waals surface area contributed by atoms with Gasteiger partial charge in [-0.25, -0.2) is 4.98 Å². The van der Waals surface area contributed by atoms with Crippen molar-refractivity contribution in [2.24, 2.45) is 5.41 Å². The van der Waals surface area contributed by atoms with E-state index in [9.17, 15) is 0 Å². The fourth-order valence-electron chi connectivity index (χ4n) is 1.16. The molecule has 0 fully saturated rings. The zero-order chi connectivity index (χ0) is 11.6. The van der Waals surface area contributed by atoms with Crippen molar-refractivity contribution in [1.29, 1.82) is 0 Å². The van der Waals surface area contributed by atoms with Crippen LogP contribution in [0.5, 0.6) is 0 Å². The Morgan fingerprint density at radius 2 is 1.93 bits per heavy atom. The van der Waals surface area contributed by atoms with Gasteiger partial charge in [0.2, 0.25) is 5.89 Å². The number of hydrogen-bond donors (Lipinski definition) is 1. The summed E-state index contributed by atoms with van der Waals surface area (Å²) in [6.45, 7) is 13.5. The number of nitrogens with zero attached hydrogens (tertiary/aromatic N) is 1. The Morgan fingerprint density at radius 3 is 2.33 bits per heavy atom. The first kappa shape index (κ1) is 12.2. The quantitative estimate of drug-likeness (QED) is 0.833. The molecule has 0 radical (unpaired) electrons. The zero-order valence-corrected chi connectivity index (χ0v) is 10.6. The normalized spacial score (nSPS) is 14.3. The third-order valence-corrected chi connectivity index (χ3v) is 2.93. The minimum Gasteiger partial charge on any atom is -0.444 e. The monoisotopic (exact) mass is 210 g/mol. The predicted octanol–water partition coefficient (Wildman–Crippen LogP) is 2.82. The molecule has 1 aromatic heterocycles. The molecule has 3 heteroatoms. The summed E-state index contributed by atoms with van der Waals surface area (Å²) in [5.74, 6) is 1.69. The molecule has 1 rings (SSSR count). The van der Waals surface area contributed by atoms with Gasteiger partial charge in [0.05, 0.1) is 12.2 Å². The van der Waals surface area contributed by atoms with Crippen molar-refractivity contribution in [2.75, 3.05) is 0 Å². The number of rotatable bonds is 3. The summed E-state index contributed by atoms with van der Waals surface area (Å²) in [4.78, 5) is 4.34. The van der Waals surface area contributed by atoms with E-state index in [0.717, 1.165) is 17.3 Å². The first-order valence-electron chi connectivity index (χ1n) is 5.47. The Morgan fingerprint density at radius 1 is 1.33 bits per heavy atom.